The highest BCUT2D eigenvalue weighted by Gasteiger charge is 2.25. The molecule has 0 unspecified atom stereocenters. The Morgan fingerprint density at radius 2 is 2.05 bits per heavy atom. The number of aliphatic hydroxyl groups excluding tert-OH is 1. The molecule has 1 aliphatic carbocycles. The summed E-state index contributed by atoms with van der Waals surface area (Å²) in [6.45, 7) is 1.92. The van der Waals surface area contributed by atoms with Gasteiger partial charge in [0.2, 0.25) is 0 Å². The van der Waals surface area contributed by atoms with Gasteiger partial charge < -0.3 is 5.11 Å². The average molecular weight is 306 g/mol. The maximum atomic E-state index is 9.59. The van der Waals surface area contributed by atoms with E-state index < -0.39 is 0 Å². The average Bonchev–Trinajstić information content (AvgIpc) is 2.94. The minimum Gasteiger partial charge on any atom is -0.390 e. The van der Waals surface area contributed by atoms with Gasteiger partial charge in [-0.2, -0.15) is 0 Å². The molecule has 1 N–H and O–H groups in total. The Hall–Kier alpha value is -1.39. The number of rotatable bonds is 3. The summed E-state index contributed by atoms with van der Waals surface area (Å²) < 4.78 is 1.88. The Balaban J connectivity index is 2.10. The molecule has 0 bridgehead atoms. The molecule has 0 amide bonds. The predicted molar refractivity (Wildman–Crippen MR) is 82.9 cm³/mol. The van der Waals surface area contributed by atoms with Gasteiger partial charge in [-0.15, -0.1) is 5.10 Å². The Morgan fingerprint density at radius 3 is 2.76 bits per heavy atom. The van der Waals surface area contributed by atoms with Gasteiger partial charge in [-0.05, 0) is 37.5 Å². The van der Waals surface area contributed by atoms with E-state index in [1.54, 1.807) is 0 Å². The quantitative estimate of drug-likeness (QED) is 0.939. The molecule has 4 nitrogen and oxygen atoms in total. The number of benzene rings is 1. The summed E-state index contributed by atoms with van der Waals surface area (Å²) >= 11 is 6.23. The first kappa shape index (κ1) is 14.5. The molecular formula is C16H20ClN3O. The molecule has 1 saturated carbocycles. The van der Waals surface area contributed by atoms with Gasteiger partial charge >= 0.3 is 0 Å². The Morgan fingerprint density at radius 1 is 1.29 bits per heavy atom. The molecule has 1 aromatic carbocycles. The van der Waals surface area contributed by atoms with Crippen LogP contribution >= 0.6 is 11.6 Å². The third kappa shape index (κ3) is 2.70. The van der Waals surface area contributed by atoms with Crippen molar-refractivity contribution in [3.05, 3.63) is 40.2 Å². The van der Waals surface area contributed by atoms with E-state index in [9.17, 15) is 5.11 Å². The van der Waals surface area contributed by atoms with Crippen LogP contribution in [0.2, 0.25) is 5.02 Å². The fourth-order valence-corrected chi connectivity index (χ4v) is 3.39. The topological polar surface area (TPSA) is 50.9 Å². The van der Waals surface area contributed by atoms with E-state index in [1.807, 2.05) is 29.8 Å². The minimum absolute atomic E-state index is 0.0640. The van der Waals surface area contributed by atoms with Crippen molar-refractivity contribution in [2.75, 3.05) is 0 Å². The zero-order valence-corrected chi connectivity index (χ0v) is 13.0. The number of hydrogen-bond donors (Lipinski definition) is 1. The van der Waals surface area contributed by atoms with Crippen molar-refractivity contribution in [3.63, 3.8) is 0 Å². The minimum atomic E-state index is -0.0640. The van der Waals surface area contributed by atoms with Crippen molar-refractivity contribution in [2.24, 2.45) is 0 Å². The predicted octanol–water partition coefficient (Wildman–Crippen LogP) is 3.77. The monoisotopic (exact) mass is 305 g/mol. The molecule has 1 heterocycles. The highest BCUT2D eigenvalue weighted by molar-refractivity contribution is 6.31. The maximum absolute atomic E-state index is 9.59. The second-order valence-corrected chi connectivity index (χ2v) is 6.12. The first-order valence-corrected chi connectivity index (χ1v) is 7.91. The third-order valence-corrected chi connectivity index (χ3v) is 4.80. The lowest BCUT2D eigenvalue weighted by molar-refractivity contribution is 0.273. The molecule has 0 atom stereocenters. The second-order valence-electron chi connectivity index (χ2n) is 5.71. The fourth-order valence-electron chi connectivity index (χ4n) is 3.22. The van der Waals surface area contributed by atoms with Gasteiger partial charge in [0.05, 0.1) is 18.0 Å². The lowest BCUT2D eigenvalue weighted by Crippen LogP contribution is -2.13. The second kappa shape index (κ2) is 6.16. The standard InChI is InChI=1S/C16H20ClN3O/c1-11-13(17)8-5-9-15(11)20-16(14(10-21)18-19-20)12-6-3-2-4-7-12/h5,8-9,12,21H,2-4,6-7,10H2,1H3. The summed E-state index contributed by atoms with van der Waals surface area (Å²) in [4.78, 5) is 0. The van der Waals surface area contributed by atoms with Crippen molar-refractivity contribution in [1.82, 2.24) is 15.0 Å². The molecule has 1 aromatic heterocycles. The Bertz CT molecular complexity index is 632. The molecular weight excluding hydrogens is 286 g/mol. The lowest BCUT2D eigenvalue weighted by atomic mass is 9.86. The maximum Gasteiger partial charge on any atom is 0.112 e. The van der Waals surface area contributed by atoms with E-state index >= 15 is 0 Å². The summed E-state index contributed by atoms with van der Waals surface area (Å²) in [5.74, 6) is 0.425. The smallest absolute Gasteiger partial charge is 0.112 e. The number of hydrogen-bond acceptors (Lipinski definition) is 3. The molecule has 5 heteroatoms. The number of nitrogens with zero attached hydrogens (tertiary/aromatic N) is 3. The fraction of sp³-hybridized carbons (Fsp3) is 0.500. The van der Waals surface area contributed by atoms with Gasteiger partial charge in [-0.1, -0.05) is 42.1 Å². The van der Waals surface area contributed by atoms with Crippen LogP contribution in [0, 0.1) is 6.92 Å². The first-order chi connectivity index (χ1) is 10.2. The largest absolute Gasteiger partial charge is 0.390 e. The van der Waals surface area contributed by atoms with Crippen LogP contribution < -0.4 is 0 Å². The van der Waals surface area contributed by atoms with Gasteiger partial charge in [0.1, 0.15) is 5.69 Å². The van der Waals surface area contributed by atoms with E-state index in [-0.39, 0.29) is 6.61 Å². The summed E-state index contributed by atoms with van der Waals surface area (Å²) in [5.41, 5.74) is 3.70. The van der Waals surface area contributed by atoms with Gasteiger partial charge in [0.15, 0.2) is 0 Å². The summed E-state index contributed by atoms with van der Waals surface area (Å²) in [5, 5.41) is 18.8. The van der Waals surface area contributed by atoms with E-state index in [2.05, 4.69) is 10.3 Å². The molecule has 1 aliphatic rings. The van der Waals surface area contributed by atoms with Crippen molar-refractivity contribution in [1.29, 1.82) is 0 Å². The highest BCUT2D eigenvalue weighted by atomic mass is 35.5. The zero-order chi connectivity index (χ0) is 14.8. The van der Waals surface area contributed by atoms with E-state index in [1.165, 1.54) is 19.3 Å². The highest BCUT2D eigenvalue weighted by Crippen LogP contribution is 2.35. The summed E-state index contributed by atoms with van der Waals surface area (Å²) in [6, 6.07) is 5.81. The van der Waals surface area contributed by atoms with E-state index in [0.29, 0.717) is 11.6 Å². The van der Waals surface area contributed by atoms with Crippen molar-refractivity contribution in [2.45, 2.75) is 51.6 Å². The van der Waals surface area contributed by atoms with Gasteiger partial charge in [-0.3, -0.25) is 0 Å². The van der Waals surface area contributed by atoms with Crippen LogP contribution in [0.3, 0.4) is 0 Å². The SMILES string of the molecule is Cc1c(Cl)cccc1-n1nnc(CO)c1C1CCCCC1. The lowest BCUT2D eigenvalue weighted by Gasteiger charge is -2.23. The van der Waals surface area contributed by atoms with Crippen LogP contribution in [0.4, 0.5) is 0 Å². The van der Waals surface area contributed by atoms with E-state index in [0.717, 1.165) is 34.8 Å². The molecule has 0 saturated heterocycles. The van der Waals surface area contributed by atoms with Crippen LogP contribution in [-0.2, 0) is 6.61 Å². The molecule has 21 heavy (non-hydrogen) atoms. The molecule has 0 radical (unpaired) electrons. The molecule has 0 spiro atoms. The van der Waals surface area contributed by atoms with Crippen molar-refractivity contribution >= 4 is 11.6 Å². The van der Waals surface area contributed by atoms with Gasteiger partial charge in [-0.25, -0.2) is 4.68 Å². The van der Waals surface area contributed by atoms with Gasteiger partial charge in [0, 0.05) is 10.9 Å². The first-order valence-electron chi connectivity index (χ1n) is 7.53. The molecule has 1 fully saturated rings. The van der Waals surface area contributed by atoms with Crippen molar-refractivity contribution < 1.29 is 5.11 Å². The van der Waals surface area contributed by atoms with Crippen LogP contribution in [0.5, 0.6) is 0 Å². The molecule has 0 aliphatic heterocycles. The van der Waals surface area contributed by atoms with Crippen LogP contribution in [0.25, 0.3) is 5.69 Å². The summed E-state index contributed by atoms with van der Waals surface area (Å²) in [6.07, 6.45) is 6.03. The van der Waals surface area contributed by atoms with Crippen LogP contribution in [-0.4, -0.2) is 20.1 Å². The van der Waals surface area contributed by atoms with Gasteiger partial charge in [0.25, 0.3) is 0 Å². The number of halogens is 1. The molecule has 2 aromatic rings. The third-order valence-electron chi connectivity index (χ3n) is 4.39. The van der Waals surface area contributed by atoms with Crippen LogP contribution in [0.15, 0.2) is 18.2 Å². The zero-order valence-electron chi connectivity index (χ0n) is 12.2. The normalized spacial score (nSPS) is 16.3. The number of aliphatic hydroxyl groups is 1. The molecule has 112 valence electrons. The Labute approximate surface area is 129 Å². The number of aromatic nitrogens is 3. The van der Waals surface area contributed by atoms with E-state index in [4.69, 9.17) is 11.6 Å². The van der Waals surface area contributed by atoms with Crippen molar-refractivity contribution in [3.8, 4) is 5.69 Å². The molecule has 3 rings (SSSR count). The van der Waals surface area contributed by atoms with Crippen LogP contribution in [0.1, 0.15) is 55.0 Å². The summed E-state index contributed by atoms with van der Waals surface area (Å²) in [7, 11) is 0. The Kier molecular flexibility index (Phi) is 4.27.